The van der Waals surface area contributed by atoms with E-state index < -0.39 is 0 Å². The van der Waals surface area contributed by atoms with Crippen LogP contribution in [0, 0.1) is 13.8 Å². The van der Waals surface area contributed by atoms with E-state index in [2.05, 4.69) is 56.5 Å². The summed E-state index contributed by atoms with van der Waals surface area (Å²) in [7, 11) is 0. The minimum atomic E-state index is 0.813. The highest BCUT2D eigenvalue weighted by Gasteiger charge is 2.26. The van der Waals surface area contributed by atoms with Gasteiger partial charge in [0, 0.05) is 27.8 Å². The Balaban J connectivity index is 2.10. The first-order valence-corrected chi connectivity index (χ1v) is 7.08. The Labute approximate surface area is 119 Å². The minimum Gasteiger partial charge on any atom is -0.284 e. The van der Waals surface area contributed by atoms with Crippen molar-refractivity contribution in [2.75, 3.05) is 0 Å². The molecule has 0 unspecified atom stereocenters. The summed E-state index contributed by atoms with van der Waals surface area (Å²) in [5, 5.41) is 0. The molecule has 0 N–H and O–H groups in total. The third-order valence-electron chi connectivity index (χ3n) is 3.72. The molecule has 19 heavy (non-hydrogen) atoms. The van der Waals surface area contributed by atoms with E-state index in [4.69, 9.17) is 4.98 Å². The first kappa shape index (κ1) is 11.2. The molecule has 0 amide bonds. The molecule has 0 radical (unpaired) electrons. The van der Waals surface area contributed by atoms with Crippen molar-refractivity contribution in [3.63, 3.8) is 0 Å². The van der Waals surface area contributed by atoms with Gasteiger partial charge in [0.05, 0.1) is 11.4 Å². The lowest BCUT2D eigenvalue weighted by Gasteiger charge is -2.05. The van der Waals surface area contributed by atoms with Crippen molar-refractivity contribution < 1.29 is 0 Å². The molecule has 4 heteroatoms. The van der Waals surface area contributed by atoms with Gasteiger partial charge in [0.2, 0.25) is 5.78 Å². The number of halogens is 1. The topological polar surface area (TPSA) is 30.2 Å². The monoisotopic (exact) mass is 313 g/mol. The molecule has 0 saturated heterocycles. The molecule has 1 aliphatic carbocycles. The van der Waals surface area contributed by atoms with Crippen molar-refractivity contribution in [1.82, 2.24) is 14.4 Å². The second-order valence-electron chi connectivity index (χ2n) is 5.02. The average Bonchev–Trinajstić information content (AvgIpc) is 2.85. The number of benzene rings is 1. The average molecular weight is 314 g/mol. The molecular weight excluding hydrogens is 302 g/mol. The fraction of sp³-hybridized carbons (Fsp3) is 0.200. The van der Waals surface area contributed by atoms with Gasteiger partial charge in [-0.05, 0) is 31.5 Å². The molecule has 0 saturated carbocycles. The van der Waals surface area contributed by atoms with Crippen LogP contribution in [-0.4, -0.2) is 14.4 Å². The van der Waals surface area contributed by atoms with Crippen LogP contribution in [0.1, 0.15) is 22.6 Å². The van der Waals surface area contributed by atoms with Gasteiger partial charge >= 0.3 is 0 Å². The summed E-state index contributed by atoms with van der Waals surface area (Å²) in [5.74, 6) is 0.813. The van der Waals surface area contributed by atoms with E-state index in [-0.39, 0.29) is 0 Å². The van der Waals surface area contributed by atoms with Gasteiger partial charge in [0.25, 0.3) is 0 Å². The zero-order valence-corrected chi connectivity index (χ0v) is 12.3. The molecule has 0 aliphatic heterocycles. The van der Waals surface area contributed by atoms with E-state index in [1.165, 1.54) is 22.5 Å². The van der Waals surface area contributed by atoms with Gasteiger partial charge in [-0.15, -0.1) is 0 Å². The molecule has 1 aromatic carbocycles. The normalized spacial score (nSPS) is 12.8. The molecule has 2 aromatic heterocycles. The first-order valence-electron chi connectivity index (χ1n) is 6.28. The van der Waals surface area contributed by atoms with Crippen LogP contribution in [0.5, 0.6) is 0 Å². The van der Waals surface area contributed by atoms with E-state index >= 15 is 0 Å². The highest BCUT2D eigenvalue weighted by Crippen LogP contribution is 2.40. The smallest absolute Gasteiger partial charge is 0.235 e. The molecule has 0 atom stereocenters. The Morgan fingerprint density at radius 1 is 1.21 bits per heavy atom. The summed E-state index contributed by atoms with van der Waals surface area (Å²) in [4.78, 5) is 9.26. The van der Waals surface area contributed by atoms with Crippen molar-refractivity contribution >= 4 is 21.7 Å². The van der Waals surface area contributed by atoms with Crippen LogP contribution in [0.2, 0.25) is 0 Å². The van der Waals surface area contributed by atoms with E-state index in [9.17, 15) is 0 Å². The van der Waals surface area contributed by atoms with Crippen molar-refractivity contribution in [2.24, 2.45) is 0 Å². The SMILES string of the molecule is Cc1cc(C)n2c3c(nc2n1)-c1cccc(Br)c1C3. The summed E-state index contributed by atoms with van der Waals surface area (Å²) in [6.45, 7) is 4.12. The number of nitrogens with zero attached hydrogens (tertiary/aromatic N) is 3. The molecule has 2 heterocycles. The van der Waals surface area contributed by atoms with Crippen LogP contribution in [0.3, 0.4) is 0 Å². The molecule has 3 nitrogen and oxygen atoms in total. The maximum absolute atomic E-state index is 4.73. The van der Waals surface area contributed by atoms with Crippen LogP contribution in [0.25, 0.3) is 17.0 Å². The fourth-order valence-electron chi connectivity index (χ4n) is 2.95. The summed E-state index contributed by atoms with van der Waals surface area (Å²) in [6.07, 6.45) is 0.916. The lowest BCUT2D eigenvalue weighted by atomic mass is 10.1. The predicted octanol–water partition coefficient (Wildman–Crippen LogP) is 3.68. The van der Waals surface area contributed by atoms with Crippen LogP contribution in [-0.2, 0) is 6.42 Å². The molecule has 1 aliphatic rings. The second-order valence-corrected chi connectivity index (χ2v) is 5.88. The zero-order chi connectivity index (χ0) is 13.1. The maximum Gasteiger partial charge on any atom is 0.235 e. The number of hydrogen-bond donors (Lipinski definition) is 0. The molecule has 0 bridgehead atoms. The Kier molecular flexibility index (Phi) is 2.16. The highest BCUT2D eigenvalue weighted by molar-refractivity contribution is 9.10. The van der Waals surface area contributed by atoms with Crippen molar-refractivity contribution in [3.8, 4) is 11.3 Å². The van der Waals surface area contributed by atoms with E-state index in [0.717, 1.165) is 28.1 Å². The summed E-state index contributed by atoms with van der Waals surface area (Å²) in [6, 6.07) is 8.40. The second kappa shape index (κ2) is 3.67. The molecule has 0 spiro atoms. The van der Waals surface area contributed by atoms with Crippen LogP contribution in [0.4, 0.5) is 0 Å². The molecule has 94 valence electrons. The lowest BCUT2D eigenvalue weighted by molar-refractivity contribution is 0.954. The highest BCUT2D eigenvalue weighted by atomic mass is 79.9. The van der Waals surface area contributed by atoms with Gasteiger partial charge in [0.15, 0.2) is 0 Å². The Morgan fingerprint density at radius 2 is 2.05 bits per heavy atom. The molecule has 3 aromatic rings. The van der Waals surface area contributed by atoms with E-state index in [0.29, 0.717) is 0 Å². The van der Waals surface area contributed by atoms with Gasteiger partial charge in [0.1, 0.15) is 0 Å². The van der Waals surface area contributed by atoms with Crippen LogP contribution < -0.4 is 0 Å². The van der Waals surface area contributed by atoms with Gasteiger partial charge < -0.3 is 0 Å². The Morgan fingerprint density at radius 3 is 2.89 bits per heavy atom. The Hall–Kier alpha value is -1.68. The van der Waals surface area contributed by atoms with Gasteiger partial charge in [-0.25, -0.2) is 9.97 Å². The van der Waals surface area contributed by atoms with Gasteiger partial charge in [-0.1, -0.05) is 28.1 Å². The van der Waals surface area contributed by atoms with Gasteiger partial charge in [-0.2, -0.15) is 0 Å². The van der Waals surface area contributed by atoms with Gasteiger partial charge in [-0.3, -0.25) is 4.40 Å². The summed E-state index contributed by atoms with van der Waals surface area (Å²) in [5.41, 5.74) is 7.10. The summed E-state index contributed by atoms with van der Waals surface area (Å²) >= 11 is 3.63. The number of fused-ring (bicyclic) bond motifs is 5. The first-order chi connectivity index (χ1) is 9.15. The minimum absolute atomic E-state index is 0.813. The van der Waals surface area contributed by atoms with E-state index in [1.807, 2.05) is 6.92 Å². The van der Waals surface area contributed by atoms with Crippen LogP contribution in [0.15, 0.2) is 28.7 Å². The quantitative estimate of drug-likeness (QED) is 0.496. The number of hydrogen-bond acceptors (Lipinski definition) is 2. The number of rotatable bonds is 0. The summed E-state index contributed by atoms with van der Waals surface area (Å²) < 4.78 is 3.34. The van der Waals surface area contributed by atoms with E-state index in [1.54, 1.807) is 0 Å². The number of imidazole rings is 1. The Bertz CT molecular complexity index is 833. The third-order valence-corrected chi connectivity index (χ3v) is 4.46. The van der Waals surface area contributed by atoms with Crippen molar-refractivity contribution in [3.05, 3.63) is 51.4 Å². The maximum atomic E-state index is 4.73. The molecular formula is C15H12BrN3. The largest absolute Gasteiger partial charge is 0.284 e. The molecule has 4 rings (SSSR count). The number of aryl methyl sites for hydroxylation is 2. The zero-order valence-electron chi connectivity index (χ0n) is 10.7. The lowest BCUT2D eigenvalue weighted by Crippen LogP contribution is -2.00. The number of aromatic nitrogens is 3. The third kappa shape index (κ3) is 1.43. The predicted molar refractivity (Wildman–Crippen MR) is 78.4 cm³/mol. The van der Waals surface area contributed by atoms with Crippen LogP contribution >= 0.6 is 15.9 Å². The molecule has 0 fully saturated rings. The van der Waals surface area contributed by atoms with Crippen molar-refractivity contribution in [2.45, 2.75) is 20.3 Å². The van der Waals surface area contributed by atoms with Crippen molar-refractivity contribution in [1.29, 1.82) is 0 Å². The fourth-order valence-corrected chi connectivity index (χ4v) is 3.46. The standard InChI is InChI=1S/C15H12BrN3/c1-8-6-9(2)19-13-7-11-10(4-3-5-12(11)16)14(13)18-15(19)17-8/h3-6H,7H2,1-2H3.